The normalized spacial score (nSPS) is 15.3. The van der Waals surface area contributed by atoms with Crippen LogP contribution in [0.25, 0.3) is 16.9 Å². The van der Waals surface area contributed by atoms with Gasteiger partial charge in [-0.3, -0.25) is 4.79 Å². The zero-order chi connectivity index (χ0) is 25.1. The van der Waals surface area contributed by atoms with Gasteiger partial charge in [-0.25, -0.2) is 23.5 Å². The summed E-state index contributed by atoms with van der Waals surface area (Å²) in [6, 6.07) is 5.55. The van der Waals surface area contributed by atoms with Gasteiger partial charge in [0, 0.05) is 31.1 Å². The van der Waals surface area contributed by atoms with E-state index in [9.17, 15) is 14.4 Å². The van der Waals surface area contributed by atoms with Crippen LogP contribution in [0, 0.1) is 5.82 Å². The second-order valence-corrected chi connectivity index (χ2v) is 8.11. The number of aromatic nitrogens is 3. The summed E-state index contributed by atoms with van der Waals surface area (Å²) < 4.78 is 26.6. The van der Waals surface area contributed by atoms with Crippen LogP contribution in [0.15, 0.2) is 30.5 Å². The highest BCUT2D eigenvalue weighted by Crippen LogP contribution is 2.26. The molecule has 1 aromatic carbocycles. The molecule has 0 unspecified atom stereocenters. The number of esters is 2. The van der Waals surface area contributed by atoms with Crippen LogP contribution in [0.4, 0.5) is 14.9 Å². The Balaban J connectivity index is 1.53. The molecule has 4 rings (SSSR count). The first-order valence-corrected chi connectivity index (χ1v) is 11.4. The Hall–Kier alpha value is -4.02. The number of carbonyl (C=O) groups is 3. The van der Waals surface area contributed by atoms with Crippen LogP contribution in [0.5, 0.6) is 0 Å². The molecule has 1 atom stereocenters. The third kappa shape index (κ3) is 5.23. The Labute approximate surface area is 201 Å². The molecule has 3 aromatic rings. The van der Waals surface area contributed by atoms with Crippen LogP contribution in [0.1, 0.15) is 43.2 Å². The summed E-state index contributed by atoms with van der Waals surface area (Å²) in [5.74, 6) is -1.50. The summed E-state index contributed by atoms with van der Waals surface area (Å²) >= 11 is 0. The minimum Gasteiger partial charge on any atom is -0.461 e. The molecular formula is C24H26FN5O5. The van der Waals surface area contributed by atoms with E-state index in [1.807, 2.05) is 6.92 Å². The summed E-state index contributed by atoms with van der Waals surface area (Å²) in [6.07, 6.45) is 2.36. The number of likely N-dealkylation sites (tertiary alicyclic amines) is 1. The minimum absolute atomic E-state index is 0.150. The number of amides is 2. The molecule has 0 aliphatic carbocycles. The van der Waals surface area contributed by atoms with Gasteiger partial charge in [-0.2, -0.15) is 5.10 Å². The fourth-order valence-electron chi connectivity index (χ4n) is 3.98. The molecule has 35 heavy (non-hydrogen) atoms. The Kier molecular flexibility index (Phi) is 6.94. The smallest absolute Gasteiger partial charge is 0.358 e. The van der Waals surface area contributed by atoms with E-state index in [0.29, 0.717) is 30.7 Å². The lowest BCUT2D eigenvalue weighted by Gasteiger charge is -2.17. The van der Waals surface area contributed by atoms with Crippen molar-refractivity contribution < 1.29 is 28.2 Å². The first kappa shape index (κ1) is 24.1. The molecule has 10 nitrogen and oxygen atoms in total. The lowest BCUT2D eigenvalue weighted by molar-refractivity contribution is -0.145. The molecule has 184 valence electrons. The molecule has 2 amide bonds. The van der Waals surface area contributed by atoms with E-state index in [2.05, 4.69) is 15.4 Å². The van der Waals surface area contributed by atoms with Gasteiger partial charge in [0.25, 0.3) is 0 Å². The van der Waals surface area contributed by atoms with Gasteiger partial charge >= 0.3 is 18.0 Å². The lowest BCUT2D eigenvalue weighted by Crippen LogP contribution is -2.34. The predicted molar refractivity (Wildman–Crippen MR) is 124 cm³/mol. The third-order valence-electron chi connectivity index (χ3n) is 5.63. The monoisotopic (exact) mass is 483 g/mol. The molecule has 1 aliphatic heterocycles. The molecule has 0 spiro atoms. The maximum Gasteiger partial charge on any atom is 0.358 e. The van der Waals surface area contributed by atoms with Gasteiger partial charge in [-0.05, 0) is 43.2 Å². The summed E-state index contributed by atoms with van der Waals surface area (Å²) in [5, 5.41) is 6.94. The van der Waals surface area contributed by atoms with Gasteiger partial charge in [-0.1, -0.05) is 6.92 Å². The molecule has 0 saturated carbocycles. The molecule has 0 bridgehead atoms. The quantitative estimate of drug-likeness (QED) is 0.534. The van der Waals surface area contributed by atoms with E-state index in [1.54, 1.807) is 25.3 Å². The van der Waals surface area contributed by atoms with Gasteiger partial charge < -0.3 is 19.7 Å². The van der Waals surface area contributed by atoms with E-state index < -0.39 is 17.8 Å². The van der Waals surface area contributed by atoms with Crippen molar-refractivity contribution in [2.45, 2.75) is 39.7 Å². The number of nitrogens with zero attached hydrogens (tertiary/aromatic N) is 4. The van der Waals surface area contributed by atoms with Crippen LogP contribution in [-0.4, -0.2) is 63.3 Å². The van der Waals surface area contributed by atoms with Crippen LogP contribution in [0.2, 0.25) is 0 Å². The number of anilines is 1. The number of rotatable bonds is 6. The Morgan fingerprint density at radius 2 is 2.03 bits per heavy atom. The maximum atomic E-state index is 15.0. The van der Waals surface area contributed by atoms with E-state index in [0.717, 1.165) is 5.56 Å². The molecule has 1 aliphatic rings. The van der Waals surface area contributed by atoms with Crippen LogP contribution in [-0.2, 0) is 20.7 Å². The molecule has 1 fully saturated rings. The van der Waals surface area contributed by atoms with Crippen molar-refractivity contribution in [3.8, 4) is 11.3 Å². The fourth-order valence-corrected chi connectivity index (χ4v) is 3.98. The zero-order valence-electron chi connectivity index (χ0n) is 19.7. The second-order valence-electron chi connectivity index (χ2n) is 8.11. The SMILES string of the molecule is CCOC(=O)c1cc(CC)c2nc(-c3ccc(NC(=O)N4CC[C@@H](OC(C)=O)C4)cc3F)cn2n1. The van der Waals surface area contributed by atoms with Crippen molar-refractivity contribution in [1.29, 1.82) is 0 Å². The number of halogens is 1. The number of urea groups is 1. The molecule has 1 saturated heterocycles. The Morgan fingerprint density at radius 3 is 2.71 bits per heavy atom. The number of hydrogen-bond donors (Lipinski definition) is 1. The summed E-state index contributed by atoms with van der Waals surface area (Å²) in [4.78, 5) is 41.8. The molecule has 1 N–H and O–H groups in total. The number of ether oxygens (including phenoxy) is 2. The van der Waals surface area contributed by atoms with E-state index >= 15 is 4.39 Å². The van der Waals surface area contributed by atoms with Crippen molar-refractivity contribution in [2.75, 3.05) is 25.0 Å². The first-order valence-electron chi connectivity index (χ1n) is 11.4. The zero-order valence-corrected chi connectivity index (χ0v) is 19.7. The van der Waals surface area contributed by atoms with Gasteiger partial charge in [0.15, 0.2) is 11.3 Å². The number of aryl methyl sites for hydroxylation is 1. The number of fused-ring (bicyclic) bond motifs is 1. The van der Waals surface area contributed by atoms with Crippen molar-refractivity contribution in [1.82, 2.24) is 19.5 Å². The highest BCUT2D eigenvalue weighted by Gasteiger charge is 2.28. The van der Waals surface area contributed by atoms with Crippen LogP contribution in [0.3, 0.4) is 0 Å². The number of carbonyl (C=O) groups excluding carboxylic acids is 3. The van der Waals surface area contributed by atoms with E-state index in [4.69, 9.17) is 9.47 Å². The van der Waals surface area contributed by atoms with Crippen molar-refractivity contribution in [3.05, 3.63) is 47.5 Å². The van der Waals surface area contributed by atoms with Gasteiger partial charge in [0.2, 0.25) is 0 Å². The standard InChI is InChI=1S/C24H26FN5O5/c1-4-15-10-20(23(32)34-5-2)28-30-13-21(27-22(15)30)18-7-6-16(11-19(18)25)26-24(33)29-9-8-17(12-29)35-14(3)31/h6-7,10-11,13,17H,4-5,8-9,12H2,1-3H3,(H,26,33)/t17-/m1/s1. The van der Waals surface area contributed by atoms with Crippen molar-refractivity contribution in [3.63, 3.8) is 0 Å². The average Bonchev–Trinajstić information content (AvgIpc) is 3.45. The topological polar surface area (TPSA) is 115 Å². The average molecular weight is 484 g/mol. The molecular weight excluding hydrogens is 457 g/mol. The van der Waals surface area contributed by atoms with Crippen molar-refractivity contribution >= 4 is 29.3 Å². The largest absolute Gasteiger partial charge is 0.461 e. The minimum atomic E-state index is -0.575. The highest BCUT2D eigenvalue weighted by atomic mass is 19.1. The fraction of sp³-hybridized carbons (Fsp3) is 0.375. The molecule has 11 heteroatoms. The van der Waals surface area contributed by atoms with Crippen LogP contribution >= 0.6 is 0 Å². The van der Waals surface area contributed by atoms with Gasteiger partial charge in [-0.15, -0.1) is 0 Å². The molecule has 3 heterocycles. The van der Waals surface area contributed by atoms with Crippen LogP contribution < -0.4 is 5.32 Å². The number of imidazole rings is 1. The lowest BCUT2D eigenvalue weighted by atomic mass is 10.1. The summed E-state index contributed by atoms with van der Waals surface area (Å²) in [5.41, 5.74) is 2.29. The number of hydrogen-bond acceptors (Lipinski definition) is 7. The molecule has 2 aromatic heterocycles. The number of benzene rings is 1. The maximum absolute atomic E-state index is 15.0. The number of nitrogens with one attached hydrogen (secondary N) is 1. The van der Waals surface area contributed by atoms with E-state index in [-0.39, 0.29) is 42.2 Å². The summed E-state index contributed by atoms with van der Waals surface area (Å²) in [6.45, 7) is 5.92. The summed E-state index contributed by atoms with van der Waals surface area (Å²) in [7, 11) is 0. The first-order chi connectivity index (χ1) is 16.8. The van der Waals surface area contributed by atoms with Gasteiger partial charge in [0.1, 0.15) is 11.9 Å². The second kappa shape index (κ2) is 10.1. The highest BCUT2D eigenvalue weighted by molar-refractivity contribution is 5.90. The van der Waals surface area contributed by atoms with E-state index in [1.165, 1.54) is 28.5 Å². The Bertz CT molecular complexity index is 1290. The van der Waals surface area contributed by atoms with Gasteiger partial charge in [0.05, 0.1) is 25.0 Å². The molecule has 0 radical (unpaired) electrons. The predicted octanol–water partition coefficient (Wildman–Crippen LogP) is 3.44. The van der Waals surface area contributed by atoms with Crippen molar-refractivity contribution in [2.24, 2.45) is 0 Å². The Morgan fingerprint density at radius 1 is 1.23 bits per heavy atom. The third-order valence-corrected chi connectivity index (χ3v) is 5.63.